The van der Waals surface area contributed by atoms with Crippen LogP contribution in [0.15, 0.2) is 0 Å². The number of ether oxygens (including phenoxy) is 2. The molecule has 0 heterocycles. The normalized spacial score (nSPS) is 11.4. The fourth-order valence-electron chi connectivity index (χ4n) is 0.522. The summed E-state index contributed by atoms with van der Waals surface area (Å²) >= 11 is 0. The van der Waals surface area contributed by atoms with Crippen molar-refractivity contribution in [2.75, 3.05) is 13.2 Å². The molecular formula is C6H12F2O2. The summed E-state index contributed by atoms with van der Waals surface area (Å²) in [5, 5.41) is 0. The first-order chi connectivity index (χ1) is 4.72. The zero-order valence-corrected chi connectivity index (χ0v) is 6.14. The minimum Gasteiger partial charge on any atom is -0.348 e. The van der Waals surface area contributed by atoms with Gasteiger partial charge in [-0.2, -0.15) is 0 Å². The highest BCUT2D eigenvalue weighted by Gasteiger charge is 2.19. The van der Waals surface area contributed by atoms with Crippen LogP contribution in [-0.2, 0) is 9.47 Å². The van der Waals surface area contributed by atoms with Crippen LogP contribution in [0.25, 0.3) is 0 Å². The van der Waals surface area contributed by atoms with Crippen LogP contribution in [0.1, 0.15) is 13.8 Å². The van der Waals surface area contributed by atoms with Crippen molar-refractivity contribution in [3.8, 4) is 0 Å². The molecule has 0 N–H and O–H groups in total. The lowest BCUT2D eigenvalue weighted by molar-refractivity contribution is -0.201. The van der Waals surface area contributed by atoms with Gasteiger partial charge in [-0.25, -0.2) is 8.78 Å². The zero-order chi connectivity index (χ0) is 7.98. The molecule has 0 unspecified atom stereocenters. The maximum absolute atomic E-state index is 11.8. The van der Waals surface area contributed by atoms with Crippen molar-refractivity contribution in [2.24, 2.45) is 0 Å². The molecule has 0 radical (unpaired) electrons. The summed E-state index contributed by atoms with van der Waals surface area (Å²) in [6, 6.07) is 0. The maximum atomic E-state index is 11.8. The molecule has 0 saturated heterocycles. The summed E-state index contributed by atoms with van der Waals surface area (Å²) in [5.74, 6) is 0. The first-order valence-electron chi connectivity index (χ1n) is 3.23. The minimum atomic E-state index is -2.56. The molecule has 0 atom stereocenters. The maximum Gasteiger partial charge on any atom is 0.288 e. The Morgan fingerprint density at radius 2 is 1.50 bits per heavy atom. The van der Waals surface area contributed by atoms with Crippen LogP contribution in [0.3, 0.4) is 0 Å². The summed E-state index contributed by atoms with van der Waals surface area (Å²) in [7, 11) is 0. The van der Waals surface area contributed by atoms with Crippen LogP contribution in [-0.4, -0.2) is 25.9 Å². The Kier molecular flexibility index (Phi) is 5.43. The number of rotatable bonds is 5. The van der Waals surface area contributed by atoms with E-state index in [4.69, 9.17) is 0 Å². The molecule has 0 aliphatic rings. The minimum absolute atomic E-state index is 0.245. The van der Waals surface area contributed by atoms with E-state index in [1.165, 1.54) is 0 Å². The molecule has 0 aliphatic heterocycles. The smallest absolute Gasteiger partial charge is 0.288 e. The van der Waals surface area contributed by atoms with Gasteiger partial charge < -0.3 is 9.47 Å². The van der Waals surface area contributed by atoms with E-state index in [1.807, 2.05) is 0 Å². The SMILES string of the molecule is CCOC(OCC)C(F)F. The summed E-state index contributed by atoms with van der Waals surface area (Å²) in [6.45, 7) is 3.78. The van der Waals surface area contributed by atoms with Crippen molar-refractivity contribution in [2.45, 2.75) is 26.6 Å². The van der Waals surface area contributed by atoms with Crippen molar-refractivity contribution in [3.05, 3.63) is 0 Å². The fourth-order valence-corrected chi connectivity index (χ4v) is 0.522. The first kappa shape index (κ1) is 9.78. The van der Waals surface area contributed by atoms with E-state index in [0.717, 1.165) is 0 Å². The van der Waals surface area contributed by atoms with Crippen LogP contribution >= 0.6 is 0 Å². The molecule has 0 fully saturated rings. The highest BCUT2D eigenvalue weighted by Crippen LogP contribution is 2.06. The van der Waals surface area contributed by atoms with Gasteiger partial charge in [0.15, 0.2) is 0 Å². The van der Waals surface area contributed by atoms with E-state index in [0.29, 0.717) is 0 Å². The topological polar surface area (TPSA) is 18.5 Å². The Hall–Kier alpha value is -0.220. The van der Waals surface area contributed by atoms with Crippen LogP contribution < -0.4 is 0 Å². The number of halogens is 2. The van der Waals surface area contributed by atoms with E-state index in [2.05, 4.69) is 9.47 Å². The van der Waals surface area contributed by atoms with Gasteiger partial charge in [-0.3, -0.25) is 0 Å². The van der Waals surface area contributed by atoms with E-state index < -0.39 is 12.7 Å². The van der Waals surface area contributed by atoms with E-state index in [1.54, 1.807) is 13.8 Å². The average molecular weight is 154 g/mol. The highest BCUT2D eigenvalue weighted by molar-refractivity contribution is 4.44. The third-order valence-electron chi connectivity index (χ3n) is 0.868. The Morgan fingerprint density at radius 1 is 1.10 bits per heavy atom. The molecule has 0 spiro atoms. The molecule has 0 aliphatic carbocycles. The van der Waals surface area contributed by atoms with Gasteiger partial charge >= 0.3 is 0 Å². The summed E-state index contributed by atoms with van der Waals surface area (Å²) in [6.07, 6.45) is -3.91. The lowest BCUT2D eigenvalue weighted by atomic mass is 10.6. The Balaban J connectivity index is 3.50. The van der Waals surface area contributed by atoms with E-state index in [-0.39, 0.29) is 13.2 Å². The Morgan fingerprint density at radius 3 is 1.70 bits per heavy atom. The quantitative estimate of drug-likeness (QED) is 0.560. The monoisotopic (exact) mass is 154 g/mol. The Labute approximate surface area is 59.1 Å². The van der Waals surface area contributed by atoms with Crippen molar-refractivity contribution >= 4 is 0 Å². The average Bonchev–Trinajstić information content (AvgIpc) is 1.87. The fraction of sp³-hybridized carbons (Fsp3) is 1.00. The van der Waals surface area contributed by atoms with E-state index in [9.17, 15) is 8.78 Å². The van der Waals surface area contributed by atoms with Crippen molar-refractivity contribution < 1.29 is 18.3 Å². The van der Waals surface area contributed by atoms with Crippen molar-refractivity contribution in [1.82, 2.24) is 0 Å². The van der Waals surface area contributed by atoms with Gasteiger partial charge in [0, 0.05) is 13.2 Å². The van der Waals surface area contributed by atoms with Gasteiger partial charge in [0.25, 0.3) is 6.43 Å². The molecule has 4 heteroatoms. The van der Waals surface area contributed by atoms with Gasteiger partial charge in [0.05, 0.1) is 0 Å². The molecule has 0 saturated carbocycles. The first-order valence-corrected chi connectivity index (χ1v) is 3.23. The highest BCUT2D eigenvalue weighted by atomic mass is 19.3. The lowest BCUT2D eigenvalue weighted by Crippen LogP contribution is -2.25. The summed E-state index contributed by atoms with van der Waals surface area (Å²) < 4.78 is 32.8. The summed E-state index contributed by atoms with van der Waals surface area (Å²) in [4.78, 5) is 0. The lowest BCUT2D eigenvalue weighted by Gasteiger charge is -2.14. The molecule has 0 rings (SSSR count). The van der Waals surface area contributed by atoms with Crippen molar-refractivity contribution in [3.63, 3.8) is 0 Å². The summed E-state index contributed by atoms with van der Waals surface area (Å²) in [5.41, 5.74) is 0. The second-order valence-electron chi connectivity index (χ2n) is 1.61. The van der Waals surface area contributed by atoms with Crippen LogP contribution in [0.4, 0.5) is 8.78 Å². The molecule has 2 nitrogen and oxygen atoms in total. The Bertz CT molecular complexity index is 72.1. The van der Waals surface area contributed by atoms with Gasteiger partial charge in [-0.1, -0.05) is 0 Å². The van der Waals surface area contributed by atoms with Gasteiger partial charge in [0.1, 0.15) is 0 Å². The third kappa shape index (κ3) is 3.74. The predicted molar refractivity (Wildman–Crippen MR) is 33.0 cm³/mol. The molecular weight excluding hydrogens is 142 g/mol. The van der Waals surface area contributed by atoms with Crippen molar-refractivity contribution in [1.29, 1.82) is 0 Å². The second kappa shape index (κ2) is 5.56. The molecule has 0 aromatic carbocycles. The second-order valence-corrected chi connectivity index (χ2v) is 1.61. The largest absolute Gasteiger partial charge is 0.348 e. The van der Waals surface area contributed by atoms with Crippen LogP contribution in [0, 0.1) is 0 Å². The number of alkyl halides is 2. The zero-order valence-electron chi connectivity index (χ0n) is 6.14. The molecule has 10 heavy (non-hydrogen) atoms. The molecule has 0 bridgehead atoms. The number of hydrogen-bond acceptors (Lipinski definition) is 2. The van der Waals surface area contributed by atoms with Crippen LogP contribution in [0.2, 0.25) is 0 Å². The van der Waals surface area contributed by atoms with Gasteiger partial charge in [0.2, 0.25) is 6.29 Å². The van der Waals surface area contributed by atoms with Crippen LogP contribution in [0.5, 0.6) is 0 Å². The molecule has 0 amide bonds. The molecule has 0 aromatic rings. The predicted octanol–water partition coefficient (Wildman–Crippen LogP) is 1.65. The standard InChI is InChI=1S/C6H12F2O2/c1-3-9-6(5(7)8)10-4-2/h5-6H,3-4H2,1-2H3. The molecule has 62 valence electrons. The van der Waals surface area contributed by atoms with Gasteiger partial charge in [-0.15, -0.1) is 0 Å². The number of hydrogen-bond donors (Lipinski definition) is 0. The third-order valence-corrected chi connectivity index (χ3v) is 0.868. The van der Waals surface area contributed by atoms with E-state index >= 15 is 0 Å². The molecule has 0 aromatic heterocycles. The van der Waals surface area contributed by atoms with Gasteiger partial charge in [-0.05, 0) is 13.8 Å².